The van der Waals surface area contributed by atoms with Crippen LogP contribution in [0.4, 0.5) is 4.79 Å². The second-order valence-electron chi connectivity index (χ2n) is 7.52. The monoisotopic (exact) mass is 345 g/mol. The summed E-state index contributed by atoms with van der Waals surface area (Å²) in [6, 6.07) is 10.1. The minimum absolute atomic E-state index is 0.00304. The predicted octanol–water partition coefficient (Wildman–Crippen LogP) is 2.89. The Kier molecular flexibility index (Phi) is 6.32. The van der Waals surface area contributed by atoms with Crippen molar-refractivity contribution in [2.75, 3.05) is 40.3 Å². The third-order valence-corrected chi connectivity index (χ3v) is 5.49. The van der Waals surface area contributed by atoms with E-state index in [-0.39, 0.29) is 18.2 Å². The van der Waals surface area contributed by atoms with Crippen LogP contribution in [-0.2, 0) is 4.74 Å². The van der Waals surface area contributed by atoms with Crippen molar-refractivity contribution in [3.8, 4) is 0 Å². The first kappa shape index (κ1) is 18.2. The van der Waals surface area contributed by atoms with Gasteiger partial charge in [0.05, 0.1) is 12.1 Å². The number of piperidine rings is 1. The first-order chi connectivity index (χ1) is 12.1. The minimum atomic E-state index is -0.0730. The Balaban J connectivity index is 1.59. The van der Waals surface area contributed by atoms with Crippen LogP contribution in [0.25, 0.3) is 0 Å². The minimum Gasteiger partial charge on any atom is -0.376 e. The van der Waals surface area contributed by atoms with Gasteiger partial charge in [-0.3, -0.25) is 0 Å². The lowest BCUT2D eigenvalue weighted by Gasteiger charge is -2.33. The van der Waals surface area contributed by atoms with Gasteiger partial charge in [-0.1, -0.05) is 30.3 Å². The van der Waals surface area contributed by atoms with Crippen LogP contribution in [0.15, 0.2) is 30.3 Å². The molecular formula is C20H31N3O2. The van der Waals surface area contributed by atoms with E-state index in [2.05, 4.69) is 29.4 Å². The maximum atomic E-state index is 12.8. The summed E-state index contributed by atoms with van der Waals surface area (Å²) in [5.41, 5.74) is 1.12. The van der Waals surface area contributed by atoms with E-state index in [9.17, 15) is 4.79 Å². The molecule has 0 bridgehead atoms. The first-order valence-corrected chi connectivity index (χ1v) is 9.50. The van der Waals surface area contributed by atoms with E-state index in [4.69, 9.17) is 4.74 Å². The quantitative estimate of drug-likeness (QED) is 0.892. The van der Waals surface area contributed by atoms with Gasteiger partial charge in [-0.2, -0.15) is 0 Å². The fourth-order valence-corrected chi connectivity index (χ4v) is 3.87. The summed E-state index contributed by atoms with van der Waals surface area (Å²) >= 11 is 0. The van der Waals surface area contributed by atoms with Gasteiger partial charge in [0.2, 0.25) is 0 Å². The van der Waals surface area contributed by atoms with E-state index in [1.807, 2.05) is 30.1 Å². The van der Waals surface area contributed by atoms with Crippen LogP contribution in [0.5, 0.6) is 0 Å². The molecule has 0 aromatic heterocycles. The number of ether oxygens (including phenoxy) is 1. The Labute approximate surface area is 151 Å². The highest BCUT2D eigenvalue weighted by atomic mass is 16.5. The number of likely N-dealkylation sites (tertiary alicyclic amines) is 1. The molecule has 2 amide bonds. The molecule has 0 spiro atoms. The zero-order valence-corrected chi connectivity index (χ0v) is 15.5. The van der Waals surface area contributed by atoms with Gasteiger partial charge in [0.15, 0.2) is 0 Å². The molecule has 0 saturated carbocycles. The van der Waals surface area contributed by atoms with Gasteiger partial charge in [0.25, 0.3) is 0 Å². The summed E-state index contributed by atoms with van der Waals surface area (Å²) in [4.78, 5) is 17.0. The van der Waals surface area contributed by atoms with Gasteiger partial charge in [-0.05, 0) is 57.3 Å². The molecular weight excluding hydrogens is 314 g/mol. The maximum absolute atomic E-state index is 12.8. The van der Waals surface area contributed by atoms with Crippen LogP contribution < -0.4 is 5.32 Å². The average Bonchev–Trinajstić information content (AvgIpc) is 3.16. The van der Waals surface area contributed by atoms with Gasteiger partial charge < -0.3 is 19.9 Å². The standard InChI is InChI=1S/C20H31N3O2/c1-22-12-10-16(11-13-22)15-23(2)20(24)21-19(18-9-6-14-25-18)17-7-4-3-5-8-17/h3-5,7-8,16,18-19H,6,9-15H2,1-2H3,(H,21,24). The molecule has 3 rings (SSSR count). The zero-order chi connectivity index (χ0) is 17.6. The molecule has 25 heavy (non-hydrogen) atoms. The number of nitrogens with one attached hydrogen (secondary N) is 1. The fraction of sp³-hybridized carbons (Fsp3) is 0.650. The van der Waals surface area contributed by atoms with Crippen LogP contribution in [0.1, 0.15) is 37.3 Å². The highest BCUT2D eigenvalue weighted by molar-refractivity contribution is 5.74. The number of carbonyl (C=O) groups excluding carboxylic acids is 1. The number of benzene rings is 1. The summed E-state index contributed by atoms with van der Waals surface area (Å²) in [5.74, 6) is 0.602. The lowest BCUT2D eigenvalue weighted by atomic mass is 9.96. The Hall–Kier alpha value is -1.59. The van der Waals surface area contributed by atoms with Crippen molar-refractivity contribution < 1.29 is 9.53 Å². The van der Waals surface area contributed by atoms with Crippen LogP contribution >= 0.6 is 0 Å². The molecule has 1 aromatic carbocycles. The highest BCUT2D eigenvalue weighted by Gasteiger charge is 2.30. The molecule has 2 atom stereocenters. The van der Waals surface area contributed by atoms with E-state index in [1.165, 1.54) is 12.8 Å². The number of amides is 2. The number of hydrogen-bond acceptors (Lipinski definition) is 3. The Morgan fingerprint density at radius 1 is 1.28 bits per heavy atom. The van der Waals surface area contributed by atoms with E-state index in [0.29, 0.717) is 5.92 Å². The van der Waals surface area contributed by atoms with Crippen molar-refractivity contribution in [2.24, 2.45) is 5.92 Å². The third-order valence-electron chi connectivity index (χ3n) is 5.49. The van der Waals surface area contributed by atoms with Gasteiger partial charge in [-0.15, -0.1) is 0 Å². The Morgan fingerprint density at radius 2 is 2.00 bits per heavy atom. The molecule has 1 aromatic rings. The van der Waals surface area contributed by atoms with Gasteiger partial charge in [0.1, 0.15) is 0 Å². The third kappa shape index (κ3) is 4.95. The van der Waals surface area contributed by atoms with E-state index in [1.54, 1.807) is 0 Å². The second kappa shape index (κ2) is 8.68. The number of hydrogen-bond donors (Lipinski definition) is 1. The molecule has 2 fully saturated rings. The lowest BCUT2D eigenvalue weighted by molar-refractivity contribution is 0.0778. The summed E-state index contributed by atoms with van der Waals surface area (Å²) in [7, 11) is 4.07. The van der Waals surface area contributed by atoms with E-state index in [0.717, 1.165) is 44.6 Å². The van der Waals surface area contributed by atoms with Gasteiger partial charge in [-0.25, -0.2) is 4.79 Å². The van der Waals surface area contributed by atoms with Gasteiger partial charge in [0, 0.05) is 20.2 Å². The van der Waals surface area contributed by atoms with Gasteiger partial charge >= 0.3 is 6.03 Å². The largest absolute Gasteiger partial charge is 0.376 e. The molecule has 5 heteroatoms. The summed E-state index contributed by atoms with van der Waals surface area (Å²) in [5, 5.41) is 3.22. The van der Waals surface area contributed by atoms with Crippen molar-refractivity contribution in [3.05, 3.63) is 35.9 Å². The first-order valence-electron chi connectivity index (χ1n) is 9.50. The number of urea groups is 1. The summed E-state index contributed by atoms with van der Waals surface area (Å²) < 4.78 is 5.87. The molecule has 2 heterocycles. The molecule has 5 nitrogen and oxygen atoms in total. The molecule has 2 saturated heterocycles. The van der Waals surface area contributed by atoms with Crippen LogP contribution in [0.2, 0.25) is 0 Å². The molecule has 2 aliphatic heterocycles. The molecule has 2 aliphatic rings. The van der Waals surface area contributed by atoms with E-state index < -0.39 is 0 Å². The summed E-state index contributed by atoms with van der Waals surface area (Å²) in [6.45, 7) is 3.87. The SMILES string of the molecule is CN1CCC(CN(C)C(=O)NC(c2ccccc2)C2CCCO2)CC1. The van der Waals surface area contributed by atoms with Crippen molar-refractivity contribution in [1.82, 2.24) is 15.1 Å². The molecule has 0 radical (unpaired) electrons. The normalized spacial score (nSPS) is 23.4. The fourth-order valence-electron chi connectivity index (χ4n) is 3.87. The summed E-state index contributed by atoms with van der Waals surface area (Å²) in [6.07, 6.45) is 4.47. The van der Waals surface area contributed by atoms with Crippen molar-refractivity contribution in [2.45, 2.75) is 37.8 Å². The molecule has 2 unspecified atom stereocenters. The smallest absolute Gasteiger partial charge is 0.317 e. The second-order valence-corrected chi connectivity index (χ2v) is 7.52. The predicted molar refractivity (Wildman–Crippen MR) is 99.5 cm³/mol. The Morgan fingerprint density at radius 3 is 2.64 bits per heavy atom. The molecule has 0 aliphatic carbocycles. The number of rotatable bonds is 5. The topological polar surface area (TPSA) is 44.8 Å². The van der Waals surface area contributed by atoms with Crippen LogP contribution in [0.3, 0.4) is 0 Å². The van der Waals surface area contributed by atoms with Crippen LogP contribution in [0, 0.1) is 5.92 Å². The van der Waals surface area contributed by atoms with Crippen molar-refractivity contribution >= 4 is 6.03 Å². The van der Waals surface area contributed by atoms with Crippen molar-refractivity contribution in [3.63, 3.8) is 0 Å². The average molecular weight is 345 g/mol. The van der Waals surface area contributed by atoms with Crippen molar-refractivity contribution in [1.29, 1.82) is 0 Å². The molecule has 1 N–H and O–H groups in total. The highest BCUT2D eigenvalue weighted by Crippen LogP contribution is 2.27. The van der Waals surface area contributed by atoms with Crippen LogP contribution in [-0.4, -0.2) is 62.3 Å². The maximum Gasteiger partial charge on any atom is 0.317 e. The molecule has 138 valence electrons. The Bertz CT molecular complexity index is 537. The zero-order valence-electron chi connectivity index (χ0n) is 15.5. The lowest BCUT2D eigenvalue weighted by Crippen LogP contribution is -2.45. The number of nitrogens with zero attached hydrogens (tertiary/aromatic N) is 2. The van der Waals surface area contributed by atoms with E-state index >= 15 is 0 Å². The number of carbonyl (C=O) groups is 1.